The van der Waals surface area contributed by atoms with Crippen molar-refractivity contribution < 1.29 is 27.3 Å². The molecule has 4 rings (SSSR count). The van der Waals surface area contributed by atoms with E-state index < -0.39 is 29.3 Å². The van der Waals surface area contributed by atoms with Gasteiger partial charge in [-0.1, -0.05) is 30.8 Å². The smallest absolute Gasteiger partial charge is 0.290 e. The van der Waals surface area contributed by atoms with Gasteiger partial charge in [0.1, 0.15) is 11.6 Å². The monoisotopic (exact) mass is 396 g/mol. The van der Waals surface area contributed by atoms with Crippen LogP contribution in [-0.2, 0) is 10.3 Å². The number of rotatable bonds is 5. The zero-order chi connectivity index (χ0) is 19.6. The number of halogens is 2. The summed E-state index contributed by atoms with van der Waals surface area (Å²) in [6, 6.07) is 0. The molecule has 1 saturated heterocycles. The van der Waals surface area contributed by atoms with Gasteiger partial charge < -0.3 is 19.0 Å². The Kier molecular flexibility index (Phi) is 5.38. The van der Waals surface area contributed by atoms with Crippen LogP contribution in [0.15, 0.2) is 15.3 Å². The first-order valence-electron chi connectivity index (χ1n) is 9.59. The van der Waals surface area contributed by atoms with E-state index in [-0.39, 0.29) is 6.10 Å². The molecule has 1 atom stereocenters. The molecular formula is C18H22F2N4O4. The first-order chi connectivity index (χ1) is 13.6. The lowest BCUT2D eigenvalue weighted by atomic mass is 9.89. The Morgan fingerprint density at radius 2 is 2.00 bits per heavy atom. The van der Waals surface area contributed by atoms with Crippen molar-refractivity contribution in [1.82, 2.24) is 20.4 Å². The highest BCUT2D eigenvalue weighted by Crippen LogP contribution is 2.37. The second-order valence-corrected chi connectivity index (χ2v) is 7.28. The second-order valence-electron chi connectivity index (χ2n) is 7.28. The van der Waals surface area contributed by atoms with Crippen LogP contribution in [0.2, 0.25) is 0 Å². The number of ether oxygens (including phenoxy) is 1. The number of oxazole rings is 1. The molecule has 2 aromatic heterocycles. The number of amides is 1. The van der Waals surface area contributed by atoms with E-state index in [0.29, 0.717) is 31.2 Å². The van der Waals surface area contributed by atoms with Crippen LogP contribution in [0.4, 0.5) is 8.78 Å². The van der Waals surface area contributed by atoms with Crippen LogP contribution in [-0.4, -0.2) is 27.6 Å². The molecule has 1 saturated carbocycles. The molecule has 152 valence electrons. The van der Waals surface area contributed by atoms with Crippen molar-refractivity contribution in [2.24, 2.45) is 0 Å². The minimum atomic E-state index is -2.90. The van der Waals surface area contributed by atoms with E-state index in [2.05, 4.69) is 20.4 Å². The Morgan fingerprint density at radius 1 is 1.21 bits per heavy atom. The van der Waals surface area contributed by atoms with Gasteiger partial charge in [0, 0.05) is 6.61 Å². The van der Waals surface area contributed by atoms with E-state index >= 15 is 0 Å². The summed E-state index contributed by atoms with van der Waals surface area (Å²) >= 11 is 0. The number of nitrogens with zero attached hydrogens (tertiary/aromatic N) is 3. The fourth-order valence-corrected chi connectivity index (χ4v) is 3.92. The number of carbonyl (C=O) groups excluding carboxylic acids is 1. The molecule has 10 heteroatoms. The van der Waals surface area contributed by atoms with Crippen molar-refractivity contribution in [1.29, 1.82) is 0 Å². The lowest BCUT2D eigenvalue weighted by molar-refractivity contribution is 0.0824. The van der Waals surface area contributed by atoms with Crippen LogP contribution in [0.3, 0.4) is 0 Å². The van der Waals surface area contributed by atoms with E-state index in [1.807, 2.05) is 0 Å². The molecule has 0 spiro atoms. The number of aromatic nitrogens is 3. The molecule has 1 amide bonds. The van der Waals surface area contributed by atoms with Gasteiger partial charge in [0.2, 0.25) is 5.76 Å². The third-order valence-corrected chi connectivity index (χ3v) is 5.39. The normalized spacial score (nSPS) is 22.3. The van der Waals surface area contributed by atoms with Gasteiger partial charge in [0.05, 0.1) is 0 Å². The number of carbonyl (C=O) groups is 1. The van der Waals surface area contributed by atoms with E-state index in [0.717, 1.165) is 44.9 Å². The molecule has 3 heterocycles. The Labute approximate surface area is 160 Å². The van der Waals surface area contributed by atoms with Gasteiger partial charge in [0.15, 0.2) is 17.9 Å². The van der Waals surface area contributed by atoms with Crippen LogP contribution in [0.1, 0.15) is 91.9 Å². The molecule has 2 aliphatic rings. The third kappa shape index (κ3) is 3.65. The minimum absolute atomic E-state index is 0.237. The first-order valence-corrected chi connectivity index (χ1v) is 9.59. The van der Waals surface area contributed by atoms with Gasteiger partial charge in [-0.15, -0.1) is 0 Å². The molecule has 2 aromatic rings. The SMILES string of the molecule is O=C(NC1(c2noc(C3CCCO3)n2)CCCCCC1)c1ocnc1C(F)F. The highest BCUT2D eigenvalue weighted by atomic mass is 19.3. The average molecular weight is 396 g/mol. The first kappa shape index (κ1) is 19.0. The van der Waals surface area contributed by atoms with Crippen molar-refractivity contribution in [3.05, 3.63) is 29.6 Å². The predicted octanol–water partition coefficient (Wildman–Crippen LogP) is 3.83. The number of hydrogen-bond acceptors (Lipinski definition) is 7. The fourth-order valence-electron chi connectivity index (χ4n) is 3.92. The van der Waals surface area contributed by atoms with Gasteiger partial charge in [-0.05, 0) is 25.7 Å². The van der Waals surface area contributed by atoms with E-state index in [9.17, 15) is 13.6 Å². The van der Waals surface area contributed by atoms with Gasteiger partial charge in [-0.3, -0.25) is 4.79 Å². The Morgan fingerprint density at radius 3 is 2.68 bits per heavy atom. The Hall–Kier alpha value is -2.36. The Bertz CT molecular complexity index is 808. The van der Waals surface area contributed by atoms with Gasteiger partial charge in [0.25, 0.3) is 18.2 Å². The maximum Gasteiger partial charge on any atom is 0.290 e. The molecule has 0 radical (unpaired) electrons. The summed E-state index contributed by atoms with van der Waals surface area (Å²) < 4.78 is 42.1. The summed E-state index contributed by atoms with van der Waals surface area (Å²) in [7, 11) is 0. The molecule has 1 aliphatic carbocycles. The van der Waals surface area contributed by atoms with Crippen LogP contribution in [0.5, 0.6) is 0 Å². The van der Waals surface area contributed by atoms with Gasteiger partial charge in [-0.2, -0.15) is 4.98 Å². The molecule has 2 fully saturated rings. The largest absolute Gasteiger partial charge is 0.438 e. The lowest BCUT2D eigenvalue weighted by Gasteiger charge is -2.30. The van der Waals surface area contributed by atoms with Gasteiger partial charge >= 0.3 is 0 Å². The predicted molar refractivity (Wildman–Crippen MR) is 90.5 cm³/mol. The molecule has 1 unspecified atom stereocenters. The van der Waals surface area contributed by atoms with Crippen molar-refractivity contribution in [2.45, 2.75) is 69.4 Å². The molecular weight excluding hydrogens is 374 g/mol. The highest BCUT2D eigenvalue weighted by molar-refractivity contribution is 5.93. The summed E-state index contributed by atoms with van der Waals surface area (Å²) in [5, 5.41) is 6.97. The van der Waals surface area contributed by atoms with Crippen LogP contribution >= 0.6 is 0 Å². The van der Waals surface area contributed by atoms with Crippen LogP contribution in [0.25, 0.3) is 0 Å². The maximum atomic E-state index is 13.1. The van der Waals surface area contributed by atoms with Crippen molar-refractivity contribution in [3.63, 3.8) is 0 Å². The molecule has 1 aliphatic heterocycles. The topological polar surface area (TPSA) is 103 Å². The number of hydrogen-bond donors (Lipinski definition) is 1. The second kappa shape index (κ2) is 7.94. The molecule has 0 bridgehead atoms. The van der Waals surface area contributed by atoms with Crippen molar-refractivity contribution in [3.8, 4) is 0 Å². The maximum absolute atomic E-state index is 13.1. The van der Waals surface area contributed by atoms with Crippen LogP contribution < -0.4 is 5.32 Å². The van der Waals surface area contributed by atoms with E-state index in [1.165, 1.54) is 0 Å². The lowest BCUT2D eigenvalue weighted by Crippen LogP contribution is -2.46. The van der Waals surface area contributed by atoms with E-state index in [4.69, 9.17) is 13.7 Å². The molecule has 8 nitrogen and oxygen atoms in total. The molecule has 28 heavy (non-hydrogen) atoms. The summed E-state index contributed by atoms with van der Waals surface area (Å²) in [4.78, 5) is 20.7. The average Bonchev–Trinajstić information content (AvgIpc) is 3.42. The summed E-state index contributed by atoms with van der Waals surface area (Å²) in [6.07, 6.45) is 4.33. The zero-order valence-electron chi connectivity index (χ0n) is 15.3. The Balaban J connectivity index is 1.63. The number of alkyl halides is 2. The fraction of sp³-hybridized carbons (Fsp3) is 0.667. The zero-order valence-corrected chi connectivity index (χ0v) is 15.3. The summed E-state index contributed by atoms with van der Waals surface area (Å²) in [6.45, 7) is 0.645. The standard InChI is InChI=1S/C18H22F2N4O4/c19-14(20)12-13(27-10-21-12)15(25)23-18(7-3-1-2-4-8-18)17-22-16(28-24-17)11-6-5-9-26-11/h10-11,14H,1-9H2,(H,23,25). The third-order valence-electron chi connectivity index (χ3n) is 5.39. The van der Waals surface area contributed by atoms with Crippen LogP contribution in [0, 0.1) is 0 Å². The molecule has 1 N–H and O–H groups in total. The minimum Gasteiger partial charge on any atom is -0.438 e. The van der Waals surface area contributed by atoms with Gasteiger partial charge in [-0.25, -0.2) is 13.8 Å². The quantitative estimate of drug-likeness (QED) is 0.766. The van der Waals surface area contributed by atoms with E-state index in [1.54, 1.807) is 0 Å². The van der Waals surface area contributed by atoms with Crippen molar-refractivity contribution in [2.75, 3.05) is 6.61 Å². The number of nitrogens with one attached hydrogen (secondary N) is 1. The molecule has 0 aromatic carbocycles. The summed E-state index contributed by atoms with van der Waals surface area (Å²) in [5.74, 6) is -0.496. The summed E-state index contributed by atoms with van der Waals surface area (Å²) in [5.41, 5.74) is -1.57. The highest BCUT2D eigenvalue weighted by Gasteiger charge is 2.41. The van der Waals surface area contributed by atoms with Crippen molar-refractivity contribution >= 4 is 5.91 Å².